The van der Waals surface area contributed by atoms with Crippen LogP contribution in [0.15, 0.2) is 4.21 Å². The van der Waals surface area contributed by atoms with Gasteiger partial charge in [0, 0.05) is 12.5 Å². The molecule has 0 fully saturated rings. The van der Waals surface area contributed by atoms with Crippen LogP contribution in [-0.4, -0.2) is 23.2 Å². The Kier molecular flexibility index (Phi) is 4.49. The summed E-state index contributed by atoms with van der Waals surface area (Å²) in [4.78, 5) is 23.5. The summed E-state index contributed by atoms with van der Waals surface area (Å²) in [7, 11) is 0. The predicted molar refractivity (Wildman–Crippen MR) is 75.3 cm³/mol. The standard InChI is InChI=1S/C12H16N2O3S2/c1-6(15)13-14-11(17)10-7-4-3-5-8(16)9(7)12(18-2)19-10/h8,16H,3-5H2,1-2H3,(H,13,15)(H,14,17). The van der Waals surface area contributed by atoms with Gasteiger partial charge in [-0.05, 0) is 31.1 Å². The number of thioether (sulfide) groups is 1. The highest BCUT2D eigenvalue weighted by molar-refractivity contribution is 8.00. The van der Waals surface area contributed by atoms with Crippen LogP contribution in [0, 0.1) is 0 Å². The number of fused-ring (bicyclic) bond motifs is 1. The molecule has 0 aromatic carbocycles. The first-order chi connectivity index (χ1) is 9.04. The van der Waals surface area contributed by atoms with Crippen LogP contribution < -0.4 is 10.9 Å². The molecule has 1 aromatic heterocycles. The lowest BCUT2D eigenvalue weighted by molar-refractivity contribution is -0.119. The first-order valence-electron chi connectivity index (χ1n) is 5.99. The quantitative estimate of drug-likeness (QED) is 0.573. The van der Waals surface area contributed by atoms with E-state index in [1.807, 2.05) is 6.26 Å². The summed E-state index contributed by atoms with van der Waals surface area (Å²) in [6.45, 7) is 1.33. The number of hydrogen-bond acceptors (Lipinski definition) is 5. The van der Waals surface area contributed by atoms with Gasteiger partial charge in [-0.1, -0.05) is 0 Å². The van der Waals surface area contributed by atoms with Gasteiger partial charge in [-0.15, -0.1) is 23.1 Å². The molecular weight excluding hydrogens is 284 g/mol. The summed E-state index contributed by atoms with van der Waals surface area (Å²) >= 11 is 2.92. The number of carbonyl (C=O) groups is 2. The number of hydrogen-bond donors (Lipinski definition) is 3. The van der Waals surface area contributed by atoms with Crippen molar-refractivity contribution >= 4 is 34.9 Å². The highest BCUT2D eigenvalue weighted by Gasteiger charge is 2.29. The average molecular weight is 300 g/mol. The van der Waals surface area contributed by atoms with Crippen molar-refractivity contribution in [2.75, 3.05) is 6.26 Å². The molecular formula is C12H16N2O3S2. The zero-order valence-corrected chi connectivity index (χ0v) is 12.4. The third-order valence-electron chi connectivity index (χ3n) is 3.00. The first-order valence-corrected chi connectivity index (χ1v) is 8.03. The zero-order chi connectivity index (χ0) is 14.0. The summed E-state index contributed by atoms with van der Waals surface area (Å²) in [6, 6.07) is 0. The van der Waals surface area contributed by atoms with E-state index in [9.17, 15) is 14.7 Å². The molecule has 3 N–H and O–H groups in total. The molecule has 7 heteroatoms. The van der Waals surface area contributed by atoms with Crippen molar-refractivity contribution in [2.45, 2.75) is 36.5 Å². The van der Waals surface area contributed by atoms with E-state index in [-0.39, 0.29) is 11.8 Å². The fraction of sp³-hybridized carbons (Fsp3) is 0.500. The average Bonchev–Trinajstić information content (AvgIpc) is 2.76. The van der Waals surface area contributed by atoms with Crippen LogP contribution in [0.4, 0.5) is 0 Å². The van der Waals surface area contributed by atoms with Crippen molar-refractivity contribution < 1.29 is 14.7 Å². The van der Waals surface area contributed by atoms with Crippen LogP contribution >= 0.6 is 23.1 Å². The molecule has 0 spiro atoms. The maximum absolute atomic E-state index is 12.1. The van der Waals surface area contributed by atoms with Gasteiger partial charge >= 0.3 is 0 Å². The largest absolute Gasteiger partial charge is 0.388 e. The van der Waals surface area contributed by atoms with Crippen molar-refractivity contribution in [3.05, 3.63) is 16.0 Å². The fourth-order valence-electron chi connectivity index (χ4n) is 2.19. The van der Waals surface area contributed by atoms with E-state index in [0.29, 0.717) is 4.88 Å². The SMILES string of the molecule is CSc1sc(C(=O)NNC(C)=O)c2c1C(O)CCC2. The Morgan fingerprint density at radius 1 is 1.42 bits per heavy atom. The molecule has 0 aliphatic heterocycles. The van der Waals surface area contributed by atoms with E-state index in [1.165, 1.54) is 18.3 Å². The van der Waals surface area contributed by atoms with Crippen LogP contribution in [0.3, 0.4) is 0 Å². The number of carbonyl (C=O) groups excluding carboxylic acids is 2. The second kappa shape index (κ2) is 5.94. The van der Waals surface area contributed by atoms with Gasteiger partial charge in [-0.25, -0.2) is 0 Å². The van der Waals surface area contributed by atoms with Gasteiger partial charge in [0.25, 0.3) is 5.91 Å². The highest BCUT2D eigenvalue weighted by Crippen LogP contribution is 2.43. The Bertz CT molecular complexity index is 513. The van der Waals surface area contributed by atoms with Crippen LogP contribution in [0.1, 0.15) is 46.7 Å². The topological polar surface area (TPSA) is 78.4 Å². The number of hydrazine groups is 1. The zero-order valence-electron chi connectivity index (χ0n) is 10.8. The summed E-state index contributed by atoms with van der Waals surface area (Å²) in [5.74, 6) is -0.630. The van der Waals surface area contributed by atoms with Crippen LogP contribution in [0.2, 0.25) is 0 Å². The molecule has 1 atom stereocenters. The normalized spacial score (nSPS) is 17.7. The third kappa shape index (κ3) is 2.93. The lowest BCUT2D eigenvalue weighted by atomic mass is 9.91. The number of rotatable bonds is 2. The van der Waals surface area contributed by atoms with E-state index in [2.05, 4.69) is 10.9 Å². The Morgan fingerprint density at radius 3 is 2.79 bits per heavy atom. The number of nitrogens with one attached hydrogen (secondary N) is 2. The summed E-state index contributed by atoms with van der Waals surface area (Å²) in [5, 5.41) is 10.1. The molecule has 0 radical (unpaired) electrons. The van der Waals surface area contributed by atoms with Gasteiger partial charge in [-0.3, -0.25) is 20.4 Å². The van der Waals surface area contributed by atoms with Crippen molar-refractivity contribution in [3.8, 4) is 0 Å². The Balaban J connectivity index is 2.31. The lowest BCUT2D eigenvalue weighted by Gasteiger charge is -2.19. The molecule has 1 aliphatic carbocycles. The molecule has 0 saturated carbocycles. The van der Waals surface area contributed by atoms with E-state index >= 15 is 0 Å². The molecule has 104 valence electrons. The third-order valence-corrected chi connectivity index (χ3v) is 5.38. The predicted octanol–water partition coefficient (Wildman–Crippen LogP) is 1.62. The lowest BCUT2D eigenvalue weighted by Crippen LogP contribution is -2.40. The second-order valence-corrected chi connectivity index (χ2v) is 6.45. The van der Waals surface area contributed by atoms with E-state index in [4.69, 9.17) is 0 Å². The molecule has 5 nitrogen and oxygen atoms in total. The Hall–Kier alpha value is -1.05. The van der Waals surface area contributed by atoms with Gasteiger partial charge in [0.15, 0.2) is 0 Å². The van der Waals surface area contributed by atoms with Gasteiger partial charge in [0.2, 0.25) is 5.91 Å². The Labute approximate surface area is 119 Å². The maximum atomic E-state index is 12.1. The van der Waals surface area contributed by atoms with Crippen LogP contribution in [0.25, 0.3) is 0 Å². The van der Waals surface area contributed by atoms with Gasteiger partial charge < -0.3 is 5.11 Å². The summed E-state index contributed by atoms with van der Waals surface area (Å²) < 4.78 is 0.982. The second-order valence-electron chi connectivity index (χ2n) is 4.36. The number of amides is 2. The molecule has 1 unspecified atom stereocenters. The summed E-state index contributed by atoms with van der Waals surface area (Å²) in [5.41, 5.74) is 6.50. The molecule has 0 bridgehead atoms. The number of aliphatic hydroxyl groups is 1. The van der Waals surface area contributed by atoms with Crippen LogP contribution in [0.5, 0.6) is 0 Å². The molecule has 0 saturated heterocycles. The van der Waals surface area contributed by atoms with Crippen molar-refractivity contribution in [3.63, 3.8) is 0 Å². The molecule has 1 heterocycles. The molecule has 2 amide bonds. The van der Waals surface area contributed by atoms with E-state index in [0.717, 1.165) is 34.6 Å². The number of aliphatic hydroxyl groups excluding tert-OH is 1. The summed E-state index contributed by atoms with van der Waals surface area (Å²) in [6.07, 6.45) is 3.86. The first kappa shape index (κ1) is 14.4. The van der Waals surface area contributed by atoms with E-state index in [1.54, 1.807) is 11.8 Å². The number of thiophene rings is 1. The molecule has 19 heavy (non-hydrogen) atoms. The van der Waals surface area contributed by atoms with Crippen LogP contribution in [-0.2, 0) is 11.2 Å². The van der Waals surface area contributed by atoms with Gasteiger partial charge in [0.1, 0.15) is 0 Å². The van der Waals surface area contributed by atoms with Crippen molar-refractivity contribution in [1.29, 1.82) is 0 Å². The molecule has 1 aromatic rings. The van der Waals surface area contributed by atoms with Gasteiger partial charge in [-0.2, -0.15) is 0 Å². The highest BCUT2D eigenvalue weighted by atomic mass is 32.2. The monoisotopic (exact) mass is 300 g/mol. The van der Waals surface area contributed by atoms with E-state index < -0.39 is 6.10 Å². The molecule has 1 aliphatic rings. The van der Waals surface area contributed by atoms with Crippen molar-refractivity contribution in [2.24, 2.45) is 0 Å². The maximum Gasteiger partial charge on any atom is 0.280 e. The smallest absolute Gasteiger partial charge is 0.280 e. The van der Waals surface area contributed by atoms with Gasteiger partial charge in [0.05, 0.1) is 15.2 Å². The fourth-order valence-corrected chi connectivity index (χ4v) is 4.29. The minimum absolute atomic E-state index is 0.314. The minimum atomic E-state index is -0.482. The minimum Gasteiger partial charge on any atom is -0.388 e. The molecule has 2 rings (SSSR count). The van der Waals surface area contributed by atoms with Crippen molar-refractivity contribution in [1.82, 2.24) is 10.9 Å². The Morgan fingerprint density at radius 2 is 2.16 bits per heavy atom.